The Morgan fingerprint density at radius 1 is 1.00 bits per heavy atom. The molecule has 2 heterocycles. The van der Waals surface area contributed by atoms with Gasteiger partial charge in [-0.25, -0.2) is 0 Å². The van der Waals surface area contributed by atoms with Gasteiger partial charge in [0.2, 0.25) is 5.91 Å². The summed E-state index contributed by atoms with van der Waals surface area (Å²) in [4.78, 5) is 14.2. The van der Waals surface area contributed by atoms with E-state index in [0.29, 0.717) is 5.91 Å². The van der Waals surface area contributed by atoms with E-state index in [1.54, 1.807) is 0 Å². The van der Waals surface area contributed by atoms with Gasteiger partial charge < -0.3 is 15.5 Å². The fraction of sp³-hybridized carbons (Fsp3) is 0.909. The van der Waals surface area contributed by atoms with Crippen LogP contribution in [0.4, 0.5) is 0 Å². The summed E-state index contributed by atoms with van der Waals surface area (Å²) in [7, 11) is 0. The highest BCUT2D eigenvalue weighted by atomic mass is 16.2. The monoisotopic (exact) mass is 211 g/mol. The highest BCUT2D eigenvalue weighted by Crippen LogP contribution is 2.15. The third-order valence-electron chi connectivity index (χ3n) is 3.34. The zero-order valence-electron chi connectivity index (χ0n) is 9.30. The molecule has 2 aliphatic heterocycles. The Balaban J connectivity index is 1.87. The van der Waals surface area contributed by atoms with E-state index >= 15 is 0 Å². The van der Waals surface area contributed by atoms with Crippen LogP contribution in [-0.4, -0.2) is 50.1 Å². The highest BCUT2D eigenvalue weighted by molar-refractivity contribution is 5.79. The molecule has 0 bridgehead atoms. The minimum atomic E-state index is 0.282. The van der Waals surface area contributed by atoms with Gasteiger partial charge in [-0.1, -0.05) is 0 Å². The van der Waals surface area contributed by atoms with Gasteiger partial charge >= 0.3 is 0 Å². The molecule has 0 aromatic heterocycles. The maximum Gasteiger partial charge on any atom is 0.225 e. The molecule has 2 fully saturated rings. The average molecular weight is 211 g/mol. The second-order valence-corrected chi connectivity index (χ2v) is 4.45. The van der Waals surface area contributed by atoms with E-state index in [1.807, 2.05) is 0 Å². The lowest BCUT2D eigenvalue weighted by atomic mass is 9.96. The summed E-state index contributed by atoms with van der Waals surface area (Å²) >= 11 is 0. The maximum absolute atomic E-state index is 12.2. The van der Waals surface area contributed by atoms with Crippen molar-refractivity contribution < 1.29 is 4.79 Å². The summed E-state index contributed by atoms with van der Waals surface area (Å²) in [6.07, 6.45) is 3.13. The Kier molecular flexibility index (Phi) is 3.97. The number of hydrogen-bond donors (Lipinski definition) is 2. The van der Waals surface area contributed by atoms with E-state index in [0.717, 1.165) is 58.5 Å². The number of rotatable bonds is 1. The Labute approximate surface area is 91.4 Å². The first-order chi connectivity index (χ1) is 7.38. The van der Waals surface area contributed by atoms with Crippen molar-refractivity contribution in [3.8, 4) is 0 Å². The van der Waals surface area contributed by atoms with Crippen molar-refractivity contribution >= 4 is 5.91 Å². The summed E-state index contributed by atoms with van der Waals surface area (Å²) in [5.74, 6) is 0.671. The predicted molar refractivity (Wildman–Crippen MR) is 59.7 cm³/mol. The van der Waals surface area contributed by atoms with E-state index < -0.39 is 0 Å². The van der Waals surface area contributed by atoms with Crippen LogP contribution in [0.1, 0.15) is 19.3 Å². The summed E-state index contributed by atoms with van der Waals surface area (Å²) in [6.45, 7) is 5.84. The first-order valence-electron chi connectivity index (χ1n) is 6.08. The molecule has 15 heavy (non-hydrogen) atoms. The zero-order valence-corrected chi connectivity index (χ0v) is 9.30. The van der Waals surface area contributed by atoms with Crippen molar-refractivity contribution in [1.82, 2.24) is 15.5 Å². The van der Waals surface area contributed by atoms with E-state index in [2.05, 4.69) is 15.5 Å². The average Bonchev–Trinajstić information content (AvgIpc) is 2.58. The molecular formula is C11H21N3O. The normalized spacial score (nSPS) is 24.9. The molecule has 0 spiro atoms. The molecule has 0 unspecified atom stereocenters. The molecule has 4 nitrogen and oxygen atoms in total. The molecule has 0 aromatic rings. The van der Waals surface area contributed by atoms with Crippen LogP contribution in [-0.2, 0) is 4.79 Å². The van der Waals surface area contributed by atoms with Crippen molar-refractivity contribution in [3.05, 3.63) is 0 Å². The van der Waals surface area contributed by atoms with Crippen molar-refractivity contribution in [2.75, 3.05) is 39.3 Å². The number of amides is 1. The zero-order chi connectivity index (χ0) is 10.5. The van der Waals surface area contributed by atoms with Crippen LogP contribution in [0, 0.1) is 5.92 Å². The van der Waals surface area contributed by atoms with Crippen LogP contribution in [0.2, 0.25) is 0 Å². The maximum atomic E-state index is 12.2. The van der Waals surface area contributed by atoms with Crippen LogP contribution < -0.4 is 10.6 Å². The molecule has 0 aromatic carbocycles. The number of nitrogens with zero attached hydrogens (tertiary/aromatic N) is 1. The quantitative estimate of drug-likeness (QED) is 0.632. The van der Waals surface area contributed by atoms with Crippen LogP contribution in [0.15, 0.2) is 0 Å². The lowest BCUT2D eigenvalue weighted by molar-refractivity contribution is -0.136. The number of piperidine rings is 1. The highest BCUT2D eigenvalue weighted by Gasteiger charge is 2.25. The Morgan fingerprint density at radius 3 is 2.53 bits per heavy atom. The van der Waals surface area contributed by atoms with Gasteiger partial charge in [0.15, 0.2) is 0 Å². The largest absolute Gasteiger partial charge is 0.341 e. The Bertz CT molecular complexity index is 206. The molecule has 4 heteroatoms. The summed E-state index contributed by atoms with van der Waals surface area (Å²) in [5.41, 5.74) is 0. The van der Waals surface area contributed by atoms with E-state index in [4.69, 9.17) is 0 Å². The predicted octanol–water partition coefficient (Wildman–Crippen LogP) is -0.192. The van der Waals surface area contributed by atoms with Crippen LogP contribution in [0.25, 0.3) is 0 Å². The minimum absolute atomic E-state index is 0.282. The molecule has 2 saturated heterocycles. The van der Waals surface area contributed by atoms with Gasteiger partial charge in [-0.3, -0.25) is 4.79 Å². The SMILES string of the molecule is O=C(C1CCNCC1)N1CCCNCC1. The van der Waals surface area contributed by atoms with Gasteiger partial charge in [0.1, 0.15) is 0 Å². The molecule has 0 aliphatic carbocycles. The topological polar surface area (TPSA) is 44.4 Å². The van der Waals surface area contributed by atoms with Crippen LogP contribution in [0.3, 0.4) is 0 Å². The van der Waals surface area contributed by atoms with Crippen LogP contribution in [0.5, 0.6) is 0 Å². The van der Waals surface area contributed by atoms with Crippen LogP contribution >= 0.6 is 0 Å². The fourth-order valence-electron chi connectivity index (χ4n) is 2.39. The molecule has 0 saturated carbocycles. The first-order valence-corrected chi connectivity index (χ1v) is 6.08. The number of carbonyl (C=O) groups excluding carboxylic acids is 1. The van der Waals surface area contributed by atoms with Crippen molar-refractivity contribution in [3.63, 3.8) is 0 Å². The standard InChI is InChI=1S/C11H21N3O/c15-11(10-2-5-13-6-3-10)14-8-1-4-12-7-9-14/h10,12-13H,1-9H2. The fourth-order valence-corrected chi connectivity index (χ4v) is 2.39. The van der Waals surface area contributed by atoms with Crippen molar-refractivity contribution in [2.45, 2.75) is 19.3 Å². The second kappa shape index (κ2) is 5.47. The molecule has 2 aliphatic rings. The minimum Gasteiger partial charge on any atom is -0.341 e. The first kappa shape index (κ1) is 10.9. The van der Waals surface area contributed by atoms with Gasteiger partial charge in [-0.2, -0.15) is 0 Å². The lowest BCUT2D eigenvalue weighted by Gasteiger charge is -2.28. The number of carbonyl (C=O) groups is 1. The molecule has 0 radical (unpaired) electrons. The van der Waals surface area contributed by atoms with Gasteiger partial charge in [0.25, 0.3) is 0 Å². The summed E-state index contributed by atoms with van der Waals surface area (Å²) in [5, 5.41) is 6.63. The van der Waals surface area contributed by atoms with E-state index in [9.17, 15) is 4.79 Å². The van der Waals surface area contributed by atoms with Gasteiger partial charge in [-0.15, -0.1) is 0 Å². The Morgan fingerprint density at radius 2 is 1.73 bits per heavy atom. The third-order valence-corrected chi connectivity index (χ3v) is 3.34. The molecule has 2 N–H and O–H groups in total. The summed E-state index contributed by atoms with van der Waals surface area (Å²) < 4.78 is 0. The van der Waals surface area contributed by atoms with Gasteiger partial charge in [0, 0.05) is 25.6 Å². The number of hydrogen-bond acceptors (Lipinski definition) is 3. The molecular weight excluding hydrogens is 190 g/mol. The molecule has 0 atom stereocenters. The molecule has 86 valence electrons. The smallest absolute Gasteiger partial charge is 0.225 e. The van der Waals surface area contributed by atoms with E-state index in [1.165, 1.54) is 0 Å². The lowest BCUT2D eigenvalue weighted by Crippen LogP contribution is -2.42. The van der Waals surface area contributed by atoms with Crippen molar-refractivity contribution in [1.29, 1.82) is 0 Å². The molecule has 2 rings (SSSR count). The van der Waals surface area contributed by atoms with Gasteiger partial charge in [-0.05, 0) is 38.9 Å². The Hall–Kier alpha value is -0.610. The summed E-state index contributed by atoms with van der Waals surface area (Å²) in [6, 6.07) is 0. The van der Waals surface area contributed by atoms with Gasteiger partial charge in [0.05, 0.1) is 0 Å². The molecule has 1 amide bonds. The van der Waals surface area contributed by atoms with Crippen molar-refractivity contribution in [2.24, 2.45) is 5.92 Å². The third kappa shape index (κ3) is 2.92. The van der Waals surface area contributed by atoms with E-state index in [-0.39, 0.29) is 5.92 Å². The second-order valence-electron chi connectivity index (χ2n) is 4.45. The number of nitrogens with one attached hydrogen (secondary N) is 2.